The van der Waals surface area contributed by atoms with Gasteiger partial charge in [-0.3, -0.25) is 9.79 Å². The van der Waals surface area contributed by atoms with Gasteiger partial charge in [-0.05, 0) is 36.8 Å². The summed E-state index contributed by atoms with van der Waals surface area (Å²) < 4.78 is 0. The van der Waals surface area contributed by atoms with Crippen molar-refractivity contribution in [2.24, 2.45) is 4.99 Å². The van der Waals surface area contributed by atoms with Crippen LogP contribution in [0, 0.1) is 6.92 Å². The molecule has 21 heavy (non-hydrogen) atoms. The van der Waals surface area contributed by atoms with Gasteiger partial charge in [-0.1, -0.05) is 24.3 Å². The number of aromatic amines is 1. The van der Waals surface area contributed by atoms with Crippen molar-refractivity contribution in [3.63, 3.8) is 0 Å². The van der Waals surface area contributed by atoms with Gasteiger partial charge in [0.05, 0.1) is 11.2 Å². The molecule has 3 rings (SSSR count). The number of H-pyrrole nitrogens is 1. The molecule has 0 aliphatic heterocycles. The molecule has 0 fully saturated rings. The molecule has 0 spiro atoms. The zero-order valence-electron chi connectivity index (χ0n) is 11.5. The highest BCUT2D eigenvalue weighted by molar-refractivity contribution is 5.95. The molecule has 104 valence electrons. The average Bonchev–Trinajstić information content (AvgIpc) is 2.47. The molecule has 0 aliphatic carbocycles. The Balaban J connectivity index is 2.10. The second-order valence-corrected chi connectivity index (χ2v) is 4.86. The summed E-state index contributed by atoms with van der Waals surface area (Å²) in [6, 6.07) is 14.7. The summed E-state index contributed by atoms with van der Waals surface area (Å²) in [5.74, 6) is -0.0502. The Labute approximate surface area is 121 Å². The first-order valence-corrected chi connectivity index (χ1v) is 6.60. The van der Waals surface area contributed by atoms with Gasteiger partial charge in [0.1, 0.15) is 11.3 Å². The van der Waals surface area contributed by atoms with Gasteiger partial charge < -0.3 is 10.1 Å². The number of rotatable bonds is 2. The molecule has 0 amide bonds. The Morgan fingerprint density at radius 3 is 2.76 bits per heavy atom. The topological polar surface area (TPSA) is 65.5 Å². The predicted molar refractivity (Wildman–Crippen MR) is 84.7 cm³/mol. The minimum Gasteiger partial charge on any atom is -0.506 e. The summed E-state index contributed by atoms with van der Waals surface area (Å²) in [5.41, 5.74) is 2.23. The van der Waals surface area contributed by atoms with Crippen molar-refractivity contribution < 1.29 is 5.11 Å². The zero-order valence-corrected chi connectivity index (χ0v) is 11.5. The lowest BCUT2D eigenvalue weighted by molar-refractivity contribution is 0.479. The van der Waals surface area contributed by atoms with Crippen molar-refractivity contribution >= 4 is 22.8 Å². The van der Waals surface area contributed by atoms with Crippen LogP contribution in [0.15, 0.2) is 58.3 Å². The third kappa shape index (κ3) is 2.56. The molecule has 2 aromatic carbocycles. The van der Waals surface area contributed by atoms with Crippen LogP contribution < -0.4 is 5.56 Å². The van der Waals surface area contributed by atoms with Crippen molar-refractivity contribution in [3.8, 4) is 5.75 Å². The largest absolute Gasteiger partial charge is 0.506 e. The molecule has 0 bridgehead atoms. The normalized spacial score (nSPS) is 11.3. The fourth-order valence-electron chi connectivity index (χ4n) is 2.21. The Bertz CT molecular complexity index is 895. The molecule has 4 heteroatoms. The van der Waals surface area contributed by atoms with E-state index in [0.29, 0.717) is 10.9 Å². The first-order chi connectivity index (χ1) is 10.1. The Kier molecular flexibility index (Phi) is 3.28. The summed E-state index contributed by atoms with van der Waals surface area (Å²) >= 11 is 0. The molecule has 0 unspecified atom stereocenters. The molecule has 0 aliphatic rings. The van der Waals surface area contributed by atoms with Crippen LogP contribution in [-0.4, -0.2) is 16.3 Å². The quantitative estimate of drug-likeness (QED) is 0.706. The number of fused-ring (bicyclic) bond motifs is 1. The molecule has 0 saturated carbocycles. The van der Waals surface area contributed by atoms with E-state index in [2.05, 4.69) is 9.98 Å². The number of hydrogen-bond donors (Lipinski definition) is 2. The summed E-state index contributed by atoms with van der Waals surface area (Å²) in [7, 11) is 0. The first-order valence-electron chi connectivity index (χ1n) is 6.60. The Morgan fingerprint density at radius 1 is 1.14 bits per heavy atom. The fraction of sp³-hybridized carbons (Fsp3) is 0.0588. The van der Waals surface area contributed by atoms with Crippen LogP contribution in [-0.2, 0) is 0 Å². The maximum Gasteiger partial charge on any atom is 0.261 e. The van der Waals surface area contributed by atoms with Gasteiger partial charge in [-0.2, -0.15) is 0 Å². The first kappa shape index (κ1) is 13.1. The van der Waals surface area contributed by atoms with Gasteiger partial charge >= 0.3 is 0 Å². The van der Waals surface area contributed by atoms with Crippen molar-refractivity contribution in [1.82, 2.24) is 4.98 Å². The summed E-state index contributed by atoms with van der Waals surface area (Å²) in [6.07, 6.45) is 1.40. The Hall–Kier alpha value is -2.88. The van der Waals surface area contributed by atoms with E-state index < -0.39 is 0 Å². The van der Waals surface area contributed by atoms with E-state index in [1.54, 1.807) is 18.2 Å². The molecule has 4 nitrogen and oxygen atoms in total. The second kappa shape index (κ2) is 5.25. The molecule has 1 heterocycles. The summed E-state index contributed by atoms with van der Waals surface area (Å²) in [6.45, 7) is 1.97. The highest BCUT2D eigenvalue weighted by Gasteiger charge is 2.09. The third-order valence-corrected chi connectivity index (χ3v) is 3.27. The van der Waals surface area contributed by atoms with Crippen LogP contribution in [0.1, 0.15) is 11.1 Å². The minimum absolute atomic E-state index is 0.0502. The van der Waals surface area contributed by atoms with E-state index >= 15 is 0 Å². The van der Waals surface area contributed by atoms with E-state index in [4.69, 9.17) is 0 Å². The fourth-order valence-corrected chi connectivity index (χ4v) is 2.21. The Morgan fingerprint density at radius 2 is 1.95 bits per heavy atom. The van der Waals surface area contributed by atoms with Gasteiger partial charge in [0, 0.05) is 11.6 Å². The average molecular weight is 278 g/mol. The summed E-state index contributed by atoms with van der Waals surface area (Å²) in [5, 5.41) is 10.9. The number of aromatic hydroxyl groups is 1. The van der Waals surface area contributed by atoms with Crippen molar-refractivity contribution in [3.05, 3.63) is 70.0 Å². The lowest BCUT2D eigenvalue weighted by Crippen LogP contribution is -2.12. The summed E-state index contributed by atoms with van der Waals surface area (Å²) in [4.78, 5) is 19.0. The number of para-hydroxylation sites is 1. The van der Waals surface area contributed by atoms with E-state index in [0.717, 1.165) is 11.3 Å². The predicted octanol–water partition coefficient (Wildman–Crippen LogP) is 3.29. The van der Waals surface area contributed by atoms with Crippen molar-refractivity contribution in [2.75, 3.05) is 0 Å². The smallest absolute Gasteiger partial charge is 0.261 e. The maximum absolute atomic E-state index is 12.0. The van der Waals surface area contributed by atoms with Crippen LogP contribution in [0.25, 0.3) is 10.9 Å². The molecule has 0 atom stereocenters. The van der Waals surface area contributed by atoms with Crippen LogP contribution in [0.2, 0.25) is 0 Å². The molecular formula is C17H14N2O2. The second-order valence-electron chi connectivity index (χ2n) is 4.86. The molecule has 1 aromatic heterocycles. The number of nitrogens with one attached hydrogen (secondary N) is 1. The number of hydrogen-bond acceptors (Lipinski definition) is 3. The lowest BCUT2D eigenvalue weighted by atomic mass is 10.1. The SMILES string of the molecule is Cc1cccc(N=Cc2c(O)c3ccccc3[nH]c2=O)c1. The molecule has 2 N–H and O–H groups in total. The monoisotopic (exact) mass is 278 g/mol. The number of aryl methyl sites for hydroxylation is 1. The van der Waals surface area contributed by atoms with Gasteiger partial charge in [0.15, 0.2) is 0 Å². The van der Waals surface area contributed by atoms with Gasteiger partial charge in [-0.15, -0.1) is 0 Å². The number of aromatic nitrogens is 1. The van der Waals surface area contributed by atoms with Crippen LogP contribution in [0.5, 0.6) is 5.75 Å². The zero-order chi connectivity index (χ0) is 14.8. The van der Waals surface area contributed by atoms with Crippen LogP contribution in [0.3, 0.4) is 0 Å². The standard InChI is InChI=1S/C17H14N2O2/c1-11-5-4-6-12(9-11)18-10-14-16(20)13-7-2-3-8-15(13)19-17(14)21/h2-10H,1H3,(H2,19,20,21). The van der Waals surface area contributed by atoms with Crippen molar-refractivity contribution in [2.45, 2.75) is 6.92 Å². The number of aliphatic imine (C=N–C) groups is 1. The van der Waals surface area contributed by atoms with Gasteiger partial charge in [0.25, 0.3) is 5.56 Å². The van der Waals surface area contributed by atoms with Gasteiger partial charge in [0.2, 0.25) is 0 Å². The van der Waals surface area contributed by atoms with E-state index in [-0.39, 0.29) is 16.9 Å². The maximum atomic E-state index is 12.0. The van der Waals surface area contributed by atoms with E-state index in [1.165, 1.54) is 6.21 Å². The highest BCUT2D eigenvalue weighted by Crippen LogP contribution is 2.24. The van der Waals surface area contributed by atoms with Crippen LogP contribution in [0.4, 0.5) is 5.69 Å². The number of benzene rings is 2. The highest BCUT2D eigenvalue weighted by atomic mass is 16.3. The van der Waals surface area contributed by atoms with E-state index in [9.17, 15) is 9.90 Å². The molecule has 3 aromatic rings. The third-order valence-electron chi connectivity index (χ3n) is 3.27. The molecular weight excluding hydrogens is 264 g/mol. The minimum atomic E-state index is -0.359. The van der Waals surface area contributed by atoms with Crippen molar-refractivity contribution in [1.29, 1.82) is 0 Å². The van der Waals surface area contributed by atoms with Crippen LogP contribution >= 0.6 is 0 Å². The number of pyridine rings is 1. The lowest BCUT2D eigenvalue weighted by Gasteiger charge is -2.03. The van der Waals surface area contributed by atoms with E-state index in [1.807, 2.05) is 37.3 Å². The van der Waals surface area contributed by atoms with Gasteiger partial charge in [-0.25, -0.2) is 0 Å². The molecule has 0 saturated heterocycles. The number of nitrogens with zero attached hydrogens (tertiary/aromatic N) is 1. The molecule has 0 radical (unpaired) electrons.